The van der Waals surface area contributed by atoms with Crippen molar-refractivity contribution in [2.24, 2.45) is 0 Å². The number of nitrogens with two attached hydrogens (primary N) is 1. The summed E-state index contributed by atoms with van der Waals surface area (Å²) in [6.45, 7) is 0.185. The molecule has 0 saturated carbocycles. The van der Waals surface area contributed by atoms with Gasteiger partial charge in [-0.15, -0.1) is 0 Å². The molecule has 2 rings (SSSR count). The van der Waals surface area contributed by atoms with E-state index in [-0.39, 0.29) is 12.4 Å². The highest BCUT2D eigenvalue weighted by Crippen LogP contribution is 2.31. The fourth-order valence-electron chi connectivity index (χ4n) is 1.64. The normalized spacial score (nSPS) is 10.1. The zero-order chi connectivity index (χ0) is 14.7. The predicted molar refractivity (Wildman–Crippen MR) is 86.7 cm³/mol. The molecule has 0 amide bonds. The fourth-order valence-corrected chi connectivity index (χ4v) is 2.82. The van der Waals surface area contributed by atoms with Gasteiger partial charge in [0.1, 0.15) is 12.4 Å². The van der Waals surface area contributed by atoms with Gasteiger partial charge in [-0.2, -0.15) is 5.26 Å². The van der Waals surface area contributed by atoms with Gasteiger partial charge in [-0.1, -0.05) is 12.1 Å². The smallest absolute Gasteiger partial charge is 0.156 e. The van der Waals surface area contributed by atoms with E-state index in [0.717, 1.165) is 3.57 Å². The topological polar surface area (TPSA) is 59.0 Å². The van der Waals surface area contributed by atoms with Gasteiger partial charge >= 0.3 is 0 Å². The zero-order valence-electron chi connectivity index (χ0n) is 10.2. The van der Waals surface area contributed by atoms with Crippen molar-refractivity contribution >= 4 is 44.2 Å². The first kappa shape index (κ1) is 15.1. The number of nitriles is 1. The first-order valence-corrected chi connectivity index (χ1v) is 7.45. The molecule has 0 radical (unpaired) electrons. The molecule has 0 aliphatic rings. The lowest BCUT2D eigenvalue weighted by atomic mass is 10.2. The summed E-state index contributed by atoms with van der Waals surface area (Å²) in [7, 11) is 0. The molecule has 0 heterocycles. The molecule has 2 N–H and O–H groups in total. The number of halogens is 3. The third-order valence-electron chi connectivity index (χ3n) is 2.61. The highest BCUT2D eigenvalue weighted by molar-refractivity contribution is 14.1. The lowest BCUT2D eigenvalue weighted by Gasteiger charge is -2.12. The number of ether oxygens (including phenoxy) is 1. The Labute approximate surface area is 137 Å². The zero-order valence-corrected chi connectivity index (χ0v) is 13.9. The van der Waals surface area contributed by atoms with Crippen LogP contribution in [0.4, 0.5) is 10.1 Å². The number of hydrogen-bond acceptors (Lipinski definition) is 3. The van der Waals surface area contributed by atoms with Crippen LogP contribution in [-0.2, 0) is 6.61 Å². The van der Waals surface area contributed by atoms with Crippen molar-refractivity contribution in [3.05, 3.63) is 55.3 Å². The van der Waals surface area contributed by atoms with Crippen molar-refractivity contribution in [2.75, 3.05) is 5.73 Å². The van der Waals surface area contributed by atoms with Crippen molar-refractivity contribution in [2.45, 2.75) is 6.61 Å². The molecule has 0 spiro atoms. The van der Waals surface area contributed by atoms with Gasteiger partial charge in [-0.3, -0.25) is 0 Å². The van der Waals surface area contributed by atoms with Crippen LogP contribution in [0.25, 0.3) is 0 Å². The lowest BCUT2D eigenvalue weighted by Crippen LogP contribution is -2.02. The number of hydrogen-bond donors (Lipinski definition) is 1. The van der Waals surface area contributed by atoms with E-state index in [9.17, 15) is 4.39 Å². The van der Waals surface area contributed by atoms with Crippen molar-refractivity contribution in [3.8, 4) is 11.8 Å². The summed E-state index contributed by atoms with van der Waals surface area (Å²) in [5.74, 6) is 0.161. The lowest BCUT2D eigenvalue weighted by molar-refractivity contribution is 0.304. The number of anilines is 1. The van der Waals surface area contributed by atoms with Crippen LogP contribution in [0.5, 0.6) is 5.75 Å². The molecule has 2 aromatic carbocycles. The highest BCUT2D eigenvalue weighted by Gasteiger charge is 2.11. The molecule has 3 nitrogen and oxygen atoms in total. The van der Waals surface area contributed by atoms with Gasteiger partial charge in [0, 0.05) is 5.56 Å². The van der Waals surface area contributed by atoms with Crippen molar-refractivity contribution in [1.82, 2.24) is 0 Å². The van der Waals surface area contributed by atoms with Gasteiger partial charge in [0.2, 0.25) is 0 Å². The molecule has 0 aliphatic carbocycles. The number of nitrogens with zero attached hydrogens (tertiary/aromatic N) is 1. The Morgan fingerprint density at radius 3 is 2.80 bits per heavy atom. The maximum absolute atomic E-state index is 13.4. The molecule has 0 aromatic heterocycles. The summed E-state index contributed by atoms with van der Waals surface area (Å²) < 4.78 is 20.2. The van der Waals surface area contributed by atoms with Gasteiger partial charge in [0.05, 0.1) is 25.4 Å². The SMILES string of the molecule is N#Cc1cc(N)c(OCc2cccc(F)c2Br)c(I)c1. The van der Waals surface area contributed by atoms with Crippen molar-refractivity contribution in [3.63, 3.8) is 0 Å². The molecule has 0 atom stereocenters. The van der Waals surface area contributed by atoms with Crippen molar-refractivity contribution < 1.29 is 9.13 Å². The minimum Gasteiger partial charge on any atom is -0.486 e. The van der Waals surface area contributed by atoms with Crippen LogP contribution in [0.15, 0.2) is 34.8 Å². The Hall–Kier alpha value is -1.33. The summed E-state index contributed by atoms with van der Waals surface area (Å²) in [6.07, 6.45) is 0. The second-order valence-corrected chi connectivity index (χ2v) is 5.95. The third kappa shape index (κ3) is 3.22. The van der Waals surface area contributed by atoms with Gasteiger partial charge in [-0.05, 0) is 56.7 Å². The highest BCUT2D eigenvalue weighted by atomic mass is 127. The van der Waals surface area contributed by atoms with E-state index in [4.69, 9.17) is 15.7 Å². The first-order valence-electron chi connectivity index (χ1n) is 5.57. The number of benzene rings is 2. The van der Waals surface area contributed by atoms with Gasteiger partial charge in [0.25, 0.3) is 0 Å². The first-order chi connectivity index (χ1) is 9.52. The van der Waals surface area contributed by atoms with E-state index in [1.54, 1.807) is 24.3 Å². The Balaban J connectivity index is 2.24. The van der Waals surface area contributed by atoms with E-state index in [1.165, 1.54) is 6.07 Å². The average Bonchev–Trinajstić information content (AvgIpc) is 2.42. The van der Waals surface area contributed by atoms with Gasteiger partial charge in [-0.25, -0.2) is 4.39 Å². The minimum atomic E-state index is -0.339. The van der Waals surface area contributed by atoms with Gasteiger partial charge in [0.15, 0.2) is 5.75 Å². The summed E-state index contributed by atoms with van der Waals surface area (Å²) in [5.41, 5.74) is 7.42. The maximum atomic E-state index is 13.4. The average molecular weight is 447 g/mol. The Bertz CT molecular complexity index is 677. The summed E-state index contributed by atoms with van der Waals surface area (Å²) in [5, 5.41) is 8.85. The summed E-state index contributed by atoms with van der Waals surface area (Å²) >= 11 is 5.23. The van der Waals surface area contributed by atoms with E-state index in [1.807, 2.05) is 6.07 Å². The van der Waals surface area contributed by atoms with E-state index in [0.29, 0.717) is 27.0 Å². The molecule has 20 heavy (non-hydrogen) atoms. The van der Waals surface area contributed by atoms with Crippen molar-refractivity contribution in [1.29, 1.82) is 5.26 Å². The third-order valence-corrected chi connectivity index (χ3v) is 4.29. The molecule has 2 aromatic rings. The van der Waals surface area contributed by atoms with E-state index in [2.05, 4.69) is 38.5 Å². The molecule has 0 fully saturated rings. The largest absolute Gasteiger partial charge is 0.486 e. The molecular weight excluding hydrogens is 438 g/mol. The predicted octanol–water partition coefficient (Wildman–Crippen LogP) is 4.23. The fraction of sp³-hybridized carbons (Fsp3) is 0.0714. The van der Waals surface area contributed by atoms with Crippen LogP contribution in [0.3, 0.4) is 0 Å². The molecule has 0 saturated heterocycles. The summed E-state index contributed by atoms with van der Waals surface area (Å²) in [6, 6.07) is 10.0. The quantitative estimate of drug-likeness (QED) is 0.567. The molecule has 6 heteroatoms. The number of nitrogen functional groups attached to an aromatic ring is 1. The Morgan fingerprint density at radius 2 is 2.15 bits per heavy atom. The van der Waals surface area contributed by atoms with E-state index < -0.39 is 0 Å². The van der Waals surface area contributed by atoms with Gasteiger partial charge < -0.3 is 10.5 Å². The maximum Gasteiger partial charge on any atom is 0.156 e. The van der Waals surface area contributed by atoms with Crippen LogP contribution >= 0.6 is 38.5 Å². The molecule has 0 unspecified atom stereocenters. The Morgan fingerprint density at radius 1 is 1.40 bits per heavy atom. The van der Waals surface area contributed by atoms with Crippen LogP contribution in [0.1, 0.15) is 11.1 Å². The molecule has 102 valence electrons. The second kappa shape index (κ2) is 6.41. The standard InChI is InChI=1S/C14H9BrFIN2O/c15-13-9(2-1-3-10(13)16)7-20-14-11(17)4-8(6-18)5-12(14)19/h1-5H,7,19H2. The monoisotopic (exact) mass is 446 g/mol. The minimum absolute atomic E-state index is 0.185. The van der Waals surface area contributed by atoms with Crippen LogP contribution < -0.4 is 10.5 Å². The molecule has 0 bridgehead atoms. The van der Waals surface area contributed by atoms with Crippen LogP contribution in [0.2, 0.25) is 0 Å². The molecule has 0 aliphatic heterocycles. The number of rotatable bonds is 3. The van der Waals surface area contributed by atoms with Crippen LogP contribution in [0, 0.1) is 20.7 Å². The van der Waals surface area contributed by atoms with E-state index >= 15 is 0 Å². The van der Waals surface area contributed by atoms with Crippen LogP contribution in [-0.4, -0.2) is 0 Å². The summed E-state index contributed by atoms with van der Waals surface area (Å²) in [4.78, 5) is 0. The second-order valence-electron chi connectivity index (χ2n) is 3.99. The Kier molecular flexibility index (Phi) is 4.83. The molecular formula is C14H9BrFIN2O.